The Morgan fingerprint density at radius 2 is 2.31 bits per heavy atom. The summed E-state index contributed by atoms with van der Waals surface area (Å²) >= 11 is 0. The summed E-state index contributed by atoms with van der Waals surface area (Å²) in [5, 5.41) is 7.87. The maximum atomic E-state index is 5.03. The summed E-state index contributed by atoms with van der Waals surface area (Å²) in [6.45, 7) is 4.48. The molecule has 0 fully saturated rings. The fraction of sp³-hybridized carbons (Fsp3) is 0.375. The third-order valence-corrected chi connectivity index (χ3v) is 1.97. The molecule has 0 aliphatic heterocycles. The highest BCUT2D eigenvalue weighted by Gasteiger charge is 2.08. The molecule has 0 atom stereocenters. The Morgan fingerprint density at radius 3 is 2.85 bits per heavy atom. The van der Waals surface area contributed by atoms with Crippen molar-refractivity contribution in [1.82, 2.24) is 19.9 Å². The second-order valence-corrected chi connectivity index (χ2v) is 2.90. The van der Waals surface area contributed by atoms with E-state index in [1.54, 1.807) is 11.0 Å². The normalized spacial score (nSPS) is 10.6. The van der Waals surface area contributed by atoms with Crippen molar-refractivity contribution in [3.8, 4) is 0 Å². The van der Waals surface area contributed by atoms with Crippen LogP contribution in [0.5, 0.6) is 0 Å². The molecular weight excluding hydrogens is 168 g/mol. The van der Waals surface area contributed by atoms with Gasteiger partial charge in [0.25, 0.3) is 0 Å². The van der Waals surface area contributed by atoms with Crippen molar-refractivity contribution < 1.29 is 4.52 Å². The summed E-state index contributed by atoms with van der Waals surface area (Å²) in [4.78, 5) is 3.86. The first-order chi connectivity index (χ1) is 6.27. The van der Waals surface area contributed by atoms with Crippen LogP contribution in [-0.4, -0.2) is 19.9 Å². The highest BCUT2D eigenvalue weighted by Crippen LogP contribution is 2.12. The van der Waals surface area contributed by atoms with Crippen LogP contribution < -0.4 is 0 Å². The molecule has 2 aromatic heterocycles. The van der Waals surface area contributed by atoms with E-state index in [9.17, 15) is 0 Å². The zero-order valence-corrected chi connectivity index (χ0v) is 7.56. The first-order valence-electron chi connectivity index (χ1n) is 4.01. The van der Waals surface area contributed by atoms with Gasteiger partial charge in [-0.15, -0.1) is 0 Å². The minimum atomic E-state index is 0.668. The molecule has 2 rings (SSSR count). The van der Waals surface area contributed by atoms with Gasteiger partial charge >= 0.3 is 0 Å². The van der Waals surface area contributed by atoms with E-state index < -0.39 is 0 Å². The molecule has 2 heterocycles. The van der Waals surface area contributed by atoms with Crippen molar-refractivity contribution in [3.05, 3.63) is 29.7 Å². The Bertz CT molecular complexity index is 371. The summed E-state index contributed by atoms with van der Waals surface area (Å²) in [5.74, 6) is 0.841. The molecule has 0 aliphatic rings. The molecule has 5 heteroatoms. The molecule has 0 radical (unpaired) electrons. The van der Waals surface area contributed by atoms with E-state index in [-0.39, 0.29) is 0 Å². The highest BCUT2D eigenvalue weighted by molar-refractivity contribution is 5.20. The fourth-order valence-electron chi connectivity index (χ4n) is 1.20. The van der Waals surface area contributed by atoms with Crippen molar-refractivity contribution >= 4 is 0 Å². The molecule has 0 unspecified atom stereocenters. The van der Waals surface area contributed by atoms with E-state index >= 15 is 0 Å². The lowest BCUT2D eigenvalue weighted by atomic mass is 10.2. The molecule has 5 nitrogen and oxygen atoms in total. The Hall–Kier alpha value is -1.65. The lowest BCUT2D eigenvalue weighted by Gasteiger charge is -1.98. The molecule has 0 N–H and O–H groups in total. The van der Waals surface area contributed by atoms with Crippen LogP contribution in [0.2, 0.25) is 0 Å². The minimum Gasteiger partial charge on any atom is -0.361 e. The van der Waals surface area contributed by atoms with Gasteiger partial charge in [-0.05, 0) is 13.8 Å². The van der Waals surface area contributed by atoms with Gasteiger partial charge in [-0.25, -0.2) is 9.67 Å². The first kappa shape index (κ1) is 7.97. The van der Waals surface area contributed by atoms with E-state index in [1.165, 1.54) is 6.33 Å². The molecule has 0 bridgehead atoms. The molecule has 13 heavy (non-hydrogen) atoms. The Morgan fingerprint density at radius 1 is 1.46 bits per heavy atom. The van der Waals surface area contributed by atoms with Gasteiger partial charge in [0.15, 0.2) is 0 Å². The van der Waals surface area contributed by atoms with Crippen LogP contribution >= 0.6 is 0 Å². The summed E-state index contributed by atoms with van der Waals surface area (Å²) < 4.78 is 6.78. The number of aryl methyl sites for hydroxylation is 2. The quantitative estimate of drug-likeness (QED) is 0.686. The number of aromatic nitrogens is 4. The molecule has 0 spiro atoms. The van der Waals surface area contributed by atoms with Gasteiger partial charge in [-0.1, -0.05) is 5.16 Å². The summed E-state index contributed by atoms with van der Waals surface area (Å²) in [6, 6.07) is 0. The van der Waals surface area contributed by atoms with E-state index in [0.29, 0.717) is 6.54 Å². The van der Waals surface area contributed by atoms with Crippen molar-refractivity contribution in [2.24, 2.45) is 0 Å². The molecule has 68 valence electrons. The van der Waals surface area contributed by atoms with E-state index in [0.717, 1.165) is 17.0 Å². The zero-order chi connectivity index (χ0) is 9.26. The number of nitrogens with zero attached hydrogens (tertiary/aromatic N) is 4. The van der Waals surface area contributed by atoms with Gasteiger partial charge in [0, 0.05) is 5.56 Å². The third kappa shape index (κ3) is 1.44. The van der Waals surface area contributed by atoms with Gasteiger partial charge in [0.2, 0.25) is 0 Å². The van der Waals surface area contributed by atoms with Crippen LogP contribution in [0, 0.1) is 13.8 Å². The monoisotopic (exact) mass is 178 g/mol. The Labute approximate surface area is 75.4 Å². The van der Waals surface area contributed by atoms with E-state index in [2.05, 4.69) is 15.2 Å². The highest BCUT2D eigenvalue weighted by atomic mass is 16.5. The molecule has 0 saturated heterocycles. The topological polar surface area (TPSA) is 56.7 Å². The predicted octanol–water partition coefficient (Wildman–Crippen LogP) is 0.931. The molecule has 0 aromatic carbocycles. The number of hydrogen-bond acceptors (Lipinski definition) is 4. The van der Waals surface area contributed by atoms with Crippen LogP contribution in [0.4, 0.5) is 0 Å². The largest absolute Gasteiger partial charge is 0.361 e. The average Bonchev–Trinajstić information content (AvgIpc) is 2.70. The molecule has 0 aliphatic carbocycles. The van der Waals surface area contributed by atoms with Crippen molar-refractivity contribution in [2.45, 2.75) is 20.4 Å². The lowest BCUT2D eigenvalue weighted by molar-refractivity contribution is 0.391. The predicted molar refractivity (Wildman–Crippen MR) is 45.1 cm³/mol. The van der Waals surface area contributed by atoms with Gasteiger partial charge in [0.1, 0.15) is 18.4 Å². The second kappa shape index (κ2) is 3.01. The fourth-order valence-corrected chi connectivity index (χ4v) is 1.20. The summed E-state index contributed by atoms with van der Waals surface area (Å²) in [7, 11) is 0. The number of hydrogen-bond donors (Lipinski definition) is 0. The maximum absolute atomic E-state index is 5.03. The summed E-state index contributed by atoms with van der Waals surface area (Å²) in [6.07, 6.45) is 3.18. The van der Waals surface area contributed by atoms with Crippen LogP contribution in [0.25, 0.3) is 0 Å². The molecular formula is C8H10N4O. The van der Waals surface area contributed by atoms with Crippen molar-refractivity contribution in [3.63, 3.8) is 0 Å². The molecule has 2 aromatic rings. The van der Waals surface area contributed by atoms with E-state index in [1.807, 2.05) is 13.8 Å². The van der Waals surface area contributed by atoms with E-state index in [4.69, 9.17) is 4.52 Å². The standard InChI is InChI=1S/C8H10N4O/c1-6-8(7(2)13-11-6)3-12-5-9-4-10-12/h4-5H,3H2,1-2H3. The van der Waals surface area contributed by atoms with Crippen LogP contribution in [0.3, 0.4) is 0 Å². The lowest BCUT2D eigenvalue weighted by Crippen LogP contribution is -2.01. The van der Waals surface area contributed by atoms with Crippen LogP contribution in [0.15, 0.2) is 17.2 Å². The number of rotatable bonds is 2. The van der Waals surface area contributed by atoms with Gasteiger partial charge in [-0.3, -0.25) is 0 Å². The summed E-state index contributed by atoms with van der Waals surface area (Å²) in [5.41, 5.74) is 1.98. The Kier molecular flexibility index (Phi) is 1.84. The van der Waals surface area contributed by atoms with Crippen molar-refractivity contribution in [2.75, 3.05) is 0 Å². The van der Waals surface area contributed by atoms with Gasteiger partial charge < -0.3 is 4.52 Å². The SMILES string of the molecule is Cc1noc(C)c1Cn1cncn1. The maximum Gasteiger partial charge on any atom is 0.138 e. The molecule has 0 saturated carbocycles. The van der Waals surface area contributed by atoms with Gasteiger partial charge in [-0.2, -0.15) is 5.10 Å². The second-order valence-electron chi connectivity index (χ2n) is 2.90. The molecule has 0 amide bonds. The smallest absolute Gasteiger partial charge is 0.138 e. The first-order valence-corrected chi connectivity index (χ1v) is 4.01. The minimum absolute atomic E-state index is 0.668. The third-order valence-electron chi connectivity index (χ3n) is 1.97. The van der Waals surface area contributed by atoms with Crippen molar-refractivity contribution in [1.29, 1.82) is 0 Å². The average molecular weight is 178 g/mol. The van der Waals surface area contributed by atoms with Crippen LogP contribution in [-0.2, 0) is 6.54 Å². The van der Waals surface area contributed by atoms with Gasteiger partial charge in [0.05, 0.1) is 12.2 Å². The van der Waals surface area contributed by atoms with Crippen LogP contribution in [0.1, 0.15) is 17.0 Å². The Balaban J connectivity index is 2.27. The zero-order valence-electron chi connectivity index (χ0n) is 7.56.